The number of aromatic nitrogens is 3. The Labute approximate surface area is 150 Å². The standard InChI is InChI=1S/C19H19BrN4/c20-17-8-6-15(7-9-17)18-21-19(23-22-18)16-5-3-4-14(12-16)13-24-10-1-2-11-24/h3-9,12H,1-2,10-11,13H2,(H,21,22,23). The van der Waals surface area contributed by atoms with E-state index in [9.17, 15) is 0 Å². The number of aromatic amines is 1. The highest BCUT2D eigenvalue weighted by Crippen LogP contribution is 2.23. The summed E-state index contributed by atoms with van der Waals surface area (Å²) in [5.41, 5.74) is 3.42. The zero-order valence-corrected chi connectivity index (χ0v) is 15.0. The molecule has 3 aromatic rings. The van der Waals surface area contributed by atoms with Crippen LogP contribution in [0, 0.1) is 0 Å². The first-order valence-electron chi connectivity index (χ1n) is 8.28. The normalized spacial score (nSPS) is 15.0. The molecule has 1 aromatic heterocycles. The second-order valence-corrected chi connectivity index (χ2v) is 7.11. The molecule has 0 aliphatic carbocycles. The zero-order chi connectivity index (χ0) is 16.4. The molecule has 1 N–H and O–H groups in total. The van der Waals surface area contributed by atoms with Crippen LogP contribution in [0.5, 0.6) is 0 Å². The molecule has 4 rings (SSSR count). The Morgan fingerprint density at radius 3 is 2.58 bits per heavy atom. The van der Waals surface area contributed by atoms with Gasteiger partial charge in [0.1, 0.15) is 0 Å². The third-order valence-corrected chi connectivity index (χ3v) is 4.92. The van der Waals surface area contributed by atoms with Crippen molar-refractivity contribution in [2.45, 2.75) is 19.4 Å². The monoisotopic (exact) mass is 382 g/mol. The van der Waals surface area contributed by atoms with Gasteiger partial charge in [0.2, 0.25) is 0 Å². The van der Waals surface area contributed by atoms with Crippen LogP contribution in [0.1, 0.15) is 18.4 Å². The molecule has 1 saturated heterocycles. The highest BCUT2D eigenvalue weighted by Gasteiger charge is 2.13. The molecule has 0 unspecified atom stereocenters. The molecule has 1 fully saturated rings. The van der Waals surface area contributed by atoms with Crippen molar-refractivity contribution in [2.24, 2.45) is 0 Å². The summed E-state index contributed by atoms with van der Waals surface area (Å²) < 4.78 is 1.06. The van der Waals surface area contributed by atoms with E-state index in [0.29, 0.717) is 0 Å². The summed E-state index contributed by atoms with van der Waals surface area (Å²) in [4.78, 5) is 7.16. The van der Waals surface area contributed by atoms with Crippen LogP contribution in [0.2, 0.25) is 0 Å². The number of hydrogen-bond acceptors (Lipinski definition) is 3. The fourth-order valence-corrected chi connectivity index (χ4v) is 3.40. The van der Waals surface area contributed by atoms with E-state index in [2.05, 4.69) is 60.3 Å². The van der Waals surface area contributed by atoms with Gasteiger partial charge in [-0.25, -0.2) is 4.98 Å². The Kier molecular flexibility index (Phi) is 4.45. The highest BCUT2D eigenvalue weighted by molar-refractivity contribution is 9.10. The highest BCUT2D eigenvalue weighted by atomic mass is 79.9. The molecule has 4 nitrogen and oxygen atoms in total. The van der Waals surface area contributed by atoms with Crippen LogP contribution < -0.4 is 0 Å². The molecule has 5 heteroatoms. The largest absolute Gasteiger partial charge is 0.299 e. The maximum atomic E-state index is 4.66. The van der Waals surface area contributed by atoms with Crippen molar-refractivity contribution in [3.05, 3.63) is 58.6 Å². The summed E-state index contributed by atoms with van der Waals surface area (Å²) in [5, 5.41) is 7.44. The summed E-state index contributed by atoms with van der Waals surface area (Å²) in [6.07, 6.45) is 2.63. The van der Waals surface area contributed by atoms with Crippen molar-refractivity contribution >= 4 is 15.9 Å². The van der Waals surface area contributed by atoms with E-state index in [-0.39, 0.29) is 0 Å². The second kappa shape index (κ2) is 6.87. The third kappa shape index (κ3) is 3.42. The maximum absolute atomic E-state index is 4.66. The van der Waals surface area contributed by atoms with Crippen molar-refractivity contribution in [1.29, 1.82) is 0 Å². The number of benzene rings is 2. The van der Waals surface area contributed by atoms with Crippen molar-refractivity contribution in [2.75, 3.05) is 13.1 Å². The van der Waals surface area contributed by atoms with E-state index < -0.39 is 0 Å². The topological polar surface area (TPSA) is 44.8 Å². The van der Waals surface area contributed by atoms with Crippen molar-refractivity contribution in [1.82, 2.24) is 20.1 Å². The predicted molar refractivity (Wildman–Crippen MR) is 99.5 cm³/mol. The van der Waals surface area contributed by atoms with E-state index in [0.717, 1.165) is 33.8 Å². The first-order chi connectivity index (χ1) is 11.8. The van der Waals surface area contributed by atoms with Crippen LogP contribution in [0.15, 0.2) is 53.0 Å². The minimum Gasteiger partial charge on any atom is -0.299 e. The lowest BCUT2D eigenvalue weighted by atomic mass is 10.1. The molecule has 0 amide bonds. The third-order valence-electron chi connectivity index (χ3n) is 4.39. The number of nitrogens with zero attached hydrogens (tertiary/aromatic N) is 3. The summed E-state index contributed by atoms with van der Waals surface area (Å²) in [7, 11) is 0. The van der Waals surface area contributed by atoms with E-state index in [1.165, 1.54) is 31.5 Å². The summed E-state index contributed by atoms with van der Waals surface area (Å²) in [6.45, 7) is 3.43. The lowest BCUT2D eigenvalue weighted by molar-refractivity contribution is 0.331. The molecule has 0 atom stereocenters. The second-order valence-electron chi connectivity index (χ2n) is 6.20. The first kappa shape index (κ1) is 15.5. The molecule has 1 aliphatic rings. The number of hydrogen-bond donors (Lipinski definition) is 1. The Morgan fingerprint density at radius 1 is 1.00 bits per heavy atom. The molecule has 0 spiro atoms. The first-order valence-corrected chi connectivity index (χ1v) is 9.07. The van der Waals surface area contributed by atoms with Gasteiger partial charge in [-0.1, -0.05) is 46.3 Å². The van der Waals surface area contributed by atoms with Gasteiger partial charge in [0, 0.05) is 22.1 Å². The SMILES string of the molecule is Brc1ccc(-c2nc(-c3cccc(CN4CCCC4)c3)n[nH]2)cc1. The quantitative estimate of drug-likeness (QED) is 0.722. The average molecular weight is 383 g/mol. The number of nitrogens with one attached hydrogen (secondary N) is 1. The average Bonchev–Trinajstić information content (AvgIpc) is 3.28. The minimum atomic E-state index is 0.746. The van der Waals surface area contributed by atoms with Crippen LogP contribution in [0.3, 0.4) is 0 Å². The summed E-state index contributed by atoms with van der Waals surface area (Å²) in [6, 6.07) is 16.6. The number of likely N-dealkylation sites (tertiary alicyclic amines) is 1. The molecular weight excluding hydrogens is 364 g/mol. The molecule has 0 radical (unpaired) electrons. The summed E-state index contributed by atoms with van der Waals surface area (Å²) in [5.74, 6) is 1.54. The van der Waals surface area contributed by atoms with Gasteiger partial charge in [-0.3, -0.25) is 10.00 Å². The van der Waals surface area contributed by atoms with Crippen LogP contribution in [-0.4, -0.2) is 33.2 Å². The van der Waals surface area contributed by atoms with Gasteiger partial charge in [-0.15, -0.1) is 0 Å². The van der Waals surface area contributed by atoms with Gasteiger partial charge < -0.3 is 0 Å². The zero-order valence-electron chi connectivity index (χ0n) is 13.4. The van der Waals surface area contributed by atoms with E-state index in [4.69, 9.17) is 0 Å². The van der Waals surface area contributed by atoms with Crippen molar-refractivity contribution < 1.29 is 0 Å². The van der Waals surface area contributed by atoms with Gasteiger partial charge >= 0.3 is 0 Å². The van der Waals surface area contributed by atoms with E-state index in [1.54, 1.807) is 0 Å². The van der Waals surface area contributed by atoms with Gasteiger partial charge in [0.05, 0.1) is 0 Å². The number of halogens is 1. The fraction of sp³-hybridized carbons (Fsp3) is 0.263. The fourth-order valence-electron chi connectivity index (χ4n) is 3.14. The van der Waals surface area contributed by atoms with Gasteiger partial charge in [0.25, 0.3) is 0 Å². The number of H-pyrrole nitrogens is 1. The van der Waals surface area contributed by atoms with Crippen molar-refractivity contribution in [3.63, 3.8) is 0 Å². The minimum absolute atomic E-state index is 0.746. The summed E-state index contributed by atoms with van der Waals surface area (Å²) >= 11 is 3.45. The van der Waals surface area contributed by atoms with Crippen LogP contribution in [0.4, 0.5) is 0 Å². The molecule has 0 bridgehead atoms. The molecule has 2 aromatic carbocycles. The van der Waals surface area contributed by atoms with Crippen LogP contribution in [0.25, 0.3) is 22.8 Å². The molecule has 0 saturated carbocycles. The lowest BCUT2D eigenvalue weighted by Crippen LogP contribution is -2.18. The molecule has 2 heterocycles. The molecular formula is C19H19BrN4. The van der Waals surface area contributed by atoms with Gasteiger partial charge in [-0.2, -0.15) is 5.10 Å². The Balaban J connectivity index is 1.56. The van der Waals surface area contributed by atoms with Crippen molar-refractivity contribution in [3.8, 4) is 22.8 Å². The van der Waals surface area contributed by atoms with E-state index in [1.807, 2.05) is 24.3 Å². The lowest BCUT2D eigenvalue weighted by Gasteiger charge is -2.14. The predicted octanol–water partition coefficient (Wildman–Crippen LogP) is 4.50. The Bertz CT molecular complexity index is 819. The molecule has 1 aliphatic heterocycles. The smallest absolute Gasteiger partial charge is 0.181 e. The maximum Gasteiger partial charge on any atom is 0.181 e. The Hall–Kier alpha value is -1.98. The van der Waals surface area contributed by atoms with E-state index >= 15 is 0 Å². The Morgan fingerprint density at radius 2 is 1.79 bits per heavy atom. The molecule has 24 heavy (non-hydrogen) atoms. The van der Waals surface area contributed by atoms with Gasteiger partial charge in [-0.05, 0) is 49.7 Å². The van der Waals surface area contributed by atoms with Crippen LogP contribution in [-0.2, 0) is 6.54 Å². The molecule has 122 valence electrons. The van der Waals surface area contributed by atoms with Crippen LogP contribution >= 0.6 is 15.9 Å². The van der Waals surface area contributed by atoms with Gasteiger partial charge in [0.15, 0.2) is 11.6 Å². The number of rotatable bonds is 4.